The van der Waals surface area contributed by atoms with Crippen LogP contribution < -0.4 is 5.32 Å². The van der Waals surface area contributed by atoms with Crippen molar-refractivity contribution in [3.05, 3.63) is 75.4 Å². The first-order valence-electron chi connectivity index (χ1n) is 7.82. The second kappa shape index (κ2) is 7.36. The van der Waals surface area contributed by atoms with E-state index in [9.17, 15) is 14.9 Å². The predicted octanol–water partition coefficient (Wildman–Crippen LogP) is 4.02. The number of nitro groups is 1. The average molecular weight is 358 g/mol. The lowest BCUT2D eigenvalue weighted by molar-refractivity contribution is -0.385. The fraction of sp³-hybridized carbons (Fsp3) is 0.167. The van der Waals surface area contributed by atoms with E-state index in [-0.39, 0.29) is 16.3 Å². The molecule has 2 aromatic carbocycles. The zero-order valence-corrected chi connectivity index (χ0v) is 14.1. The maximum absolute atomic E-state index is 12.2. The lowest BCUT2D eigenvalue weighted by Gasteiger charge is -2.08. The number of aromatic nitrogens is 1. The summed E-state index contributed by atoms with van der Waals surface area (Å²) in [5.41, 5.74) is 0.863. The minimum atomic E-state index is -0.586. The van der Waals surface area contributed by atoms with Crippen LogP contribution in [0.15, 0.2) is 54.7 Å². The molecule has 1 heterocycles. The van der Waals surface area contributed by atoms with Gasteiger partial charge in [-0.3, -0.25) is 14.9 Å². The summed E-state index contributed by atoms with van der Waals surface area (Å²) >= 11 is 5.84. The van der Waals surface area contributed by atoms with Crippen LogP contribution in [0, 0.1) is 10.1 Å². The first kappa shape index (κ1) is 17.0. The Morgan fingerprint density at radius 2 is 2.00 bits per heavy atom. The molecular weight excluding hydrogens is 342 g/mol. The largest absolute Gasteiger partial charge is 0.352 e. The summed E-state index contributed by atoms with van der Waals surface area (Å²) in [4.78, 5) is 22.7. The standard InChI is InChI=1S/C18H16ClN3O3/c19-14-6-7-17(22(24)25)15(12-14)18(23)20-9-3-10-21-11-8-13-4-1-2-5-16(13)21/h1-2,4-8,11-12H,3,9-10H2,(H,20,23). The highest BCUT2D eigenvalue weighted by molar-refractivity contribution is 6.31. The smallest absolute Gasteiger partial charge is 0.282 e. The number of rotatable bonds is 6. The molecule has 0 aliphatic rings. The molecule has 0 fully saturated rings. The van der Waals surface area contributed by atoms with Gasteiger partial charge < -0.3 is 9.88 Å². The van der Waals surface area contributed by atoms with Crippen molar-refractivity contribution in [2.45, 2.75) is 13.0 Å². The minimum Gasteiger partial charge on any atom is -0.352 e. The second-order valence-corrected chi connectivity index (χ2v) is 6.03. The van der Waals surface area contributed by atoms with Crippen LogP contribution in [0.2, 0.25) is 5.02 Å². The topological polar surface area (TPSA) is 77.2 Å². The summed E-state index contributed by atoms with van der Waals surface area (Å²) in [7, 11) is 0. The minimum absolute atomic E-state index is 0.0242. The normalized spacial score (nSPS) is 10.8. The van der Waals surface area contributed by atoms with Crippen LogP contribution in [0.5, 0.6) is 0 Å². The molecule has 0 bridgehead atoms. The molecule has 0 spiro atoms. The number of hydrogen-bond donors (Lipinski definition) is 1. The summed E-state index contributed by atoms with van der Waals surface area (Å²) in [6, 6.07) is 14.1. The number of para-hydroxylation sites is 1. The summed E-state index contributed by atoms with van der Waals surface area (Å²) in [5.74, 6) is -0.494. The predicted molar refractivity (Wildman–Crippen MR) is 97.0 cm³/mol. The van der Waals surface area contributed by atoms with Gasteiger partial charge in [-0.15, -0.1) is 0 Å². The molecule has 0 radical (unpaired) electrons. The van der Waals surface area contributed by atoms with E-state index < -0.39 is 10.8 Å². The Morgan fingerprint density at radius 1 is 1.20 bits per heavy atom. The average Bonchev–Trinajstić information content (AvgIpc) is 3.01. The van der Waals surface area contributed by atoms with Crippen LogP contribution in [0.3, 0.4) is 0 Å². The van der Waals surface area contributed by atoms with Crippen molar-refractivity contribution in [1.29, 1.82) is 0 Å². The third-order valence-corrected chi connectivity index (χ3v) is 4.18. The zero-order valence-electron chi connectivity index (χ0n) is 13.3. The molecule has 0 saturated carbocycles. The van der Waals surface area contributed by atoms with E-state index in [0.29, 0.717) is 13.0 Å². The van der Waals surface area contributed by atoms with Gasteiger partial charge in [0.05, 0.1) is 4.92 Å². The molecule has 128 valence electrons. The van der Waals surface area contributed by atoms with Gasteiger partial charge in [-0.05, 0) is 36.1 Å². The Kier molecular flexibility index (Phi) is 5.00. The summed E-state index contributed by atoms with van der Waals surface area (Å²) in [6.07, 6.45) is 2.72. The lowest BCUT2D eigenvalue weighted by Crippen LogP contribution is -2.26. The first-order valence-corrected chi connectivity index (χ1v) is 8.20. The van der Waals surface area contributed by atoms with Crippen LogP contribution in [-0.4, -0.2) is 21.9 Å². The number of fused-ring (bicyclic) bond motifs is 1. The third-order valence-electron chi connectivity index (χ3n) is 3.94. The van der Waals surface area contributed by atoms with Gasteiger partial charge in [0.25, 0.3) is 11.6 Å². The molecule has 3 aromatic rings. The van der Waals surface area contributed by atoms with Crippen molar-refractivity contribution in [2.75, 3.05) is 6.54 Å². The highest BCUT2D eigenvalue weighted by atomic mass is 35.5. The van der Waals surface area contributed by atoms with Gasteiger partial charge >= 0.3 is 0 Å². The van der Waals surface area contributed by atoms with E-state index in [4.69, 9.17) is 11.6 Å². The number of amides is 1. The molecular formula is C18H16ClN3O3. The monoisotopic (exact) mass is 357 g/mol. The Balaban J connectivity index is 1.60. The quantitative estimate of drug-likeness (QED) is 0.411. The number of carbonyl (C=O) groups excluding carboxylic acids is 1. The molecule has 0 atom stereocenters. The molecule has 1 amide bonds. The van der Waals surface area contributed by atoms with Gasteiger partial charge in [-0.1, -0.05) is 29.8 Å². The fourth-order valence-corrected chi connectivity index (χ4v) is 2.90. The number of carbonyl (C=O) groups is 1. The number of benzene rings is 2. The Labute approximate surface area is 149 Å². The van der Waals surface area contributed by atoms with E-state index in [0.717, 1.165) is 12.1 Å². The maximum Gasteiger partial charge on any atom is 0.282 e. The van der Waals surface area contributed by atoms with Gasteiger partial charge in [-0.2, -0.15) is 0 Å². The maximum atomic E-state index is 12.2. The molecule has 3 rings (SSSR count). The van der Waals surface area contributed by atoms with Gasteiger partial charge in [0, 0.05) is 35.9 Å². The van der Waals surface area contributed by atoms with Crippen LogP contribution in [0.25, 0.3) is 10.9 Å². The van der Waals surface area contributed by atoms with Gasteiger partial charge in [0.2, 0.25) is 0 Å². The number of aryl methyl sites for hydroxylation is 1. The van der Waals surface area contributed by atoms with Gasteiger partial charge in [0.15, 0.2) is 0 Å². The number of nitrogens with one attached hydrogen (secondary N) is 1. The Bertz CT molecular complexity index is 936. The molecule has 0 saturated heterocycles. The van der Waals surface area contributed by atoms with Crippen molar-refractivity contribution in [2.24, 2.45) is 0 Å². The SMILES string of the molecule is O=C(NCCCn1ccc2ccccc21)c1cc(Cl)ccc1[N+](=O)[O-]. The van der Waals surface area contributed by atoms with E-state index in [1.807, 2.05) is 36.5 Å². The van der Waals surface area contributed by atoms with Crippen molar-refractivity contribution in [3.63, 3.8) is 0 Å². The number of hydrogen-bond acceptors (Lipinski definition) is 3. The lowest BCUT2D eigenvalue weighted by atomic mass is 10.1. The van der Waals surface area contributed by atoms with Crippen molar-refractivity contribution >= 4 is 34.1 Å². The van der Waals surface area contributed by atoms with Crippen molar-refractivity contribution < 1.29 is 9.72 Å². The highest BCUT2D eigenvalue weighted by Crippen LogP contribution is 2.22. The molecule has 6 nitrogen and oxygen atoms in total. The molecule has 0 aliphatic heterocycles. The van der Waals surface area contributed by atoms with Crippen LogP contribution in [-0.2, 0) is 6.54 Å². The van der Waals surface area contributed by atoms with Crippen molar-refractivity contribution in [3.8, 4) is 0 Å². The van der Waals surface area contributed by atoms with Crippen LogP contribution in [0.4, 0.5) is 5.69 Å². The van der Waals surface area contributed by atoms with E-state index in [1.54, 1.807) is 0 Å². The molecule has 7 heteroatoms. The number of nitrogens with zero attached hydrogens (tertiary/aromatic N) is 2. The summed E-state index contributed by atoms with van der Waals surface area (Å²) < 4.78 is 2.11. The fourth-order valence-electron chi connectivity index (χ4n) is 2.73. The van der Waals surface area contributed by atoms with E-state index in [1.165, 1.54) is 23.6 Å². The van der Waals surface area contributed by atoms with Crippen molar-refractivity contribution in [1.82, 2.24) is 9.88 Å². The van der Waals surface area contributed by atoms with Gasteiger partial charge in [0.1, 0.15) is 5.56 Å². The van der Waals surface area contributed by atoms with Crippen LogP contribution in [0.1, 0.15) is 16.8 Å². The number of halogens is 1. The molecule has 1 N–H and O–H groups in total. The van der Waals surface area contributed by atoms with E-state index in [2.05, 4.69) is 9.88 Å². The summed E-state index contributed by atoms with van der Waals surface area (Å²) in [5, 5.41) is 15.2. The zero-order chi connectivity index (χ0) is 17.8. The molecule has 1 aromatic heterocycles. The second-order valence-electron chi connectivity index (χ2n) is 5.60. The van der Waals surface area contributed by atoms with Crippen LogP contribution >= 0.6 is 11.6 Å². The first-order chi connectivity index (χ1) is 12.1. The molecule has 25 heavy (non-hydrogen) atoms. The summed E-state index contributed by atoms with van der Waals surface area (Å²) in [6.45, 7) is 1.15. The highest BCUT2D eigenvalue weighted by Gasteiger charge is 2.20. The molecule has 0 unspecified atom stereocenters. The van der Waals surface area contributed by atoms with E-state index >= 15 is 0 Å². The molecule has 0 aliphatic carbocycles. The Morgan fingerprint density at radius 3 is 2.80 bits per heavy atom. The third kappa shape index (κ3) is 3.80. The van der Waals surface area contributed by atoms with Gasteiger partial charge in [-0.25, -0.2) is 0 Å². The number of nitro benzene ring substituents is 1. The Hall–Kier alpha value is -2.86.